The molecular formula is C11H20IN3O. The highest BCUT2D eigenvalue weighted by Gasteiger charge is 2.03. The van der Waals surface area contributed by atoms with Crippen LogP contribution in [-0.2, 0) is 6.42 Å². The van der Waals surface area contributed by atoms with E-state index in [-0.39, 0.29) is 24.0 Å². The lowest BCUT2D eigenvalue weighted by Crippen LogP contribution is -2.35. The van der Waals surface area contributed by atoms with E-state index < -0.39 is 0 Å². The molecule has 4 nitrogen and oxygen atoms in total. The summed E-state index contributed by atoms with van der Waals surface area (Å²) in [6.07, 6.45) is 2.54. The van der Waals surface area contributed by atoms with Crippen molar-refractivity contribution in [3.63, 3.8) is 0 Å². The zero-order valence-electron chi connectivity index (χ0n) is 10.3. The van der Waals surface area contributed by atoms with Crippen molar-refractivity contribution in [1.29, 1.82) is 0 Å². The molecule has 16 heavy (non-hydrogen) atoms. The van der Waals surface area contributed by atoms with Crippen LogP contribution < -0.4 is 0 Å². The van der Waals surface area contributed by atoms with Crippen LogP contribution in [-0.4, -0.2) is 50.5 Å². The highest BCUT2D eigenvalue weighted by Crippen LogP contribution is 2.01. The topological polar surface area (TPSA) is 32.0 Å². The summed E-state index contributed by atoms with van der Waals surface area (Å²) in [4.78, 5) is 8.51. The van der Waals surface area contributed by atoms with E-state index in [9.17, 15) is 0 Å². The number of hydrogen-bond donors (Lipinski definition) is 0. The minimum atomic E-state index is 0. The normalized spacial score (nSPS) is 9.25. The predicted molar refractivity (Wildman–Crippen MR) is 77.5 cm³/mol. The molecule has 1 rings (SSSR count). The van der Waals surface area contributed by atoms with E-state index in [4.69, 9.17) is 4.42 Å². The molecule has 0 radical (unpaired) electrons. The molecule has 0 unspecified atom stereocenters. The van der Waals surface area contributed by atoms with Crippen LogP contribution >= 0.6 is 24.0 Å². The Morgan fingerprint density at radius 1 is 1.25 bits per heavy atom. The van der Waals surface area contributed by atoms with Crippen LogP contribution in [0.3, 0.4) is 0 Å². The Morgan fingerprint density at radius 2 is 1.88 bits per heavy atom. The molecular weight excluding hydrogens is 317 g/mol. The van der Waals surface area contributed by atoms with Gasteiger partial charge in [0.25, 0.3) is 0 Å². The average Bonchev–Trinajstić information content (AvgIpc) is 2.63. The SMILES string of the molecule is CN(C)C(=NCCc1ccco1)N(C)C.I. The van der Waals surface area contributed by atoms with Crippen LogP contribution in [0.1, 0.15) is 5.76 Å². The third-order valence-electron chi connectivity index (χ3n) is 1.99. The molecule has 1 aromatic heterocycles. The third kappa shape index (κ3) is 4.87. The molecule has 0 saturated carbocycles. The van der Waals surface area contributed by atoms with Crippen LogP contribution in [0.25, 0.3) is 0 Å². The Morgan fingerprint density at radius 3 is 2.31 bits per heavy atom. The fraction of sp³-hybridized carbons (Fsp3) is 0.545. The van der Waals surface area contributed by atoms with E-state index in [1.807, 2.05) is 50.1 Å². The highest BCUT2D eigenvalue weighted by molar-refractivity contribution is 14.0. The lowest BCUT2D eigenvalue weighted by Gasteiger charge is -2.22. The largest absolute Gasteiger partial charge is 0.469 e. The first-order valence-electron chi connectivity index (χ1n) is 5.02. The van der Waals surface area contributed by atoms with Gasteiger partial charge in [0.15, 0.2) is 5.96 Å². The zero-order valence-corrected chi connectivity index (χ0v) is 12.6. The summed E-state index contributed by atoms with van der Waals surface area (Å²) in [6.45, 7) is 0.749. The van der Waals surface area contributed by atoms with Gasteiger partial charge >= 0.3 is 0 Å². The van der Waals surface area contributed by atoms with Gasteiger partial charge in [-0.1, -0.05) is 0 Å². The number of guanidine groups is 1. The molecule has 0 fully saturated rings. The van der Waals surface area contributed by atoms with Crippen molar-refractivity contribution >= 4 is 29.9 Å². The molecule has 0 aliphatic rings. The Hall–Kier alpha value is -0.720. The lowest BCUT2D eigenvalue weighted by molar-refractivity contribution is 0.475. The van der Waals surface area contributed by atoms with E-state index in [1.54, 1.807) is 6.26 Å². The summed E-state index contributed by atoms with van der Waals surface area (Å²) < 4.78 is 5.24. The standard InChI is InChI=1S/C11H19N3O.HI/c1-13(2)11(14(3)4)12-8-7-10-6-5-9-15-10;/h5-6,9H,7-8H2,1-4H3;1H. The van der Waals surface area contributed by atoms with Gasteiger partial charge in [0.2, 0.25) is 0 Å². The van der Waals surface area contributed by atoms with Gasteiger partial charge in [-0.05, 0) is 12.1 Å². The molecule has 0 amide bonds. The van der Waals surface area contributed by atoms with Gasteiger partial charge < -0.3 is 14.2 Å². The predicted octanol–water partition coefficient (Wildman–Crippen LogP) is 1.92. The summed E-state index contributed by atoms with van der Waals surface area (Å²) in [5.41, 5.74) is 0. The number of furan rings is 1. The third-order valence-corrected chi connectivity index (χ3v) is 1.99. The zero-order chi connectivity index (χ0) is 11.3. The van der Waals surface area contributed by atoms with Crippen molar-refractivity contribution in [3.05, 3.63) is 24.2 Å². The molecule has 1 heterocycles. The molecule has 0 atom stereocenters. The minimum absolute atomic E-state index is 0. The summed E-state index contributed by atoms with van der Waals surface area (Å²) in [5, 5.41) is 0. The minimum Gasteiger partial charge on any atom is -0.469 e. The van der Waals surface area contributed by atoms with Crippen LogP contribution in [0, 0.1) is 0 Å². The average molecular weight is 337 g/mol. The van der Waals surface area contributed by atoms with Gasteiger partial charge in [0, 0.05) is 41.2 Å². The molecule has 1 aromatic rings. The van der Waals surface area contributed by atoms with Gasteiger partial charge in [-0.15, -0.1) is 24.0 Å². The van der Waals surface area contributed by atoms with E-state index >= 15 is 0 Å². The molecule has 0 bridgehead atoms. The molecule has 0 aliphatic carbocycles. The van der Waals surface area contributed by atoms with E-state index in [2.05, 4.69) is 4.99 Å². The monoisotopic (exact) mass is 337 g/mol. The molecule has 92 valence electrons. The Labute approximate surface area is 114 Å². The maximum atomic E-state index is 5.24. The molecule has 0 saturated heterocycles. The number of rotatable bonds is 3. The van der Waals surface area contributed by atoms with Crippen LogP contribution in [0.5, 0.6) is 0 Å². The van der Waals surface area contributed by atoms with E-state index in [0.29, 0.717) is 0 Å². The highest BCUT2D eigenvalue weighted by atomic mass is 127. The van der Waals surface area contributed by atoms with E-state index in [1.165, 1.54) is 0 Å². The van der Waals surface area contributed by atoms with Crippen molar-refractivity contribution in [2.24, 2.45) is 4.99 Å². The van der Waals surface area contributed by atoms with Crippen LogP contribution in [0.4, 0.5) is 0 Å². The van der Waals surface area contributed by atoms with Gasteiger partial charge in [0.1, 0.15) is 5.76 Å². The quantitative estimate of drug-likeness (QED) is 0.480. The summed E-state index contributed by atoms with van der Waals surface area (Å²) in [6, 6.07) is 3.87. The van der Waals surface area contributed by atoms with Crippen LogP contribution in [0.15, 0.2) is 27.8 Å². The first-order valence-corrected chi connectivity index (χ1v) is 5.02. The number of aliphatic imine (C=N–C) groups is 1. The Bertz CT molecular complexity index is 297. The number of halogens is 1. The number of hydrogen-bond acceptors (Lipinski definition) is 2. The Balaban J connectivity index is 0.00000225. The van der Waals surface area contributed by atoms with Gasteiger partial charge in [-0.25, -0.2) is 0 Å². The molecule has 0 aliphatic heterocycles. The molecule has 5 heteroatoms. The first kappa shape index (κ1) is 15.3. The second-order valence-corrected chi connectivity index (χ2v) is 3.80. The summed E-state index contributed by atoms with van der Waals surface area (Å²) in [5.74, 6) is 1.96. The fourth-order valence-corrected chi connectivity index (χ4v) is 1.40. The lowest BCUT2D eigenvalue weighted by atomic mass is 10.3. The van der Waals surface area contributed by atoms with Gasteiger partial charge in [0.05, 0.1) is 6.26 Å². The number of nitrogens with zero attached hydrogens (tertiary/aromatic N) is 3. The maximum absolute atomic E-state index is 5.24. The Kier molecular flexibility index (Phi) is 7.20. The van der Waals surface area contributed by atoms with Crippen molar-refractivity contribution in [2.75, 3.05) is 34.7 Å². The first-order chi connectivity index (χ1) is 7.11. The second-order valence-electron chi connectivity index (χ2n) is 3.80. The van der Waals surface area contributed by atoms with Crippen molar-refractivity contribution in [3.8, 4) is 0 Å². The van der Waals surface area contributed by atoms with Gasteiger partial charge in [-0.3, -0.25) is 4.99 Å². The van der Waals surface area contributed by atoms with E-state index in [0.717, 1.165) is 24.7 Å². The van der Waals surface area contributed by atoms with Crippen molar-refractivity contribution in [1.82, 2.24) is 9.80 Å². The maximum Gasteiger partial charge on any atom is 0.195 e. The summed E-state index contributed by atoms with van der Waals surface area (Å²) in [7, 11) is 7.97. The fourth-order valence-electron chi connectivity index (χ4n) is 1.40. The molecule has 0 aromatic carbocycles. The van der Waals surface area contributed by atoms with Crippen LogP contribution in [0.2, 0.25) is 0 Å². The molecule has 0 spiro atoms. The molecule has 0 N–H and O–H groups in total. The smallest absolute Gasteiger partial charge is 0.195 e. The van der Waals surface area contributed by atoms with Crippen molar-refractivity contribution in [2.45, 2.75) is 6.42 Å². The van der Waals surface area contributed by atoms with Gasteiger partial charge in [-0.2, -0.15) is 0 Å². The summed E-state index contributed by atoms with van der Waals surface area (Å²) >= 11 is 0. The second kappa shape index (κ2) is 7.54. The van der Waals surface area contributed by atoms with Crippen molar-refractivity contribution < 1.29 is 4.42 Å².